The second-order valence-corrected chi connectivity index (χ2v) is 1.33. The van der Waals surface area contributed by atoms with Gasteiger partial charge in [0.05, 0.1) is 6.42 Å². The average molecular weight is 123 g/mol. The fraction of sp³-hybridized carbons (Fsp3) is 0.750. The number of hydrogen-bond donors (Lipinski definition) is 0. The molecular formula is C4H5F2O2. The molecule has 0 aromatic carbocycles. The summed E-state index contributed by atoms with van der Waals surface area (Å²) in [4.78, 5) is 9.45. The molecule has 0 heterocycles. The maximum atomic E-state index is 11.6. The number of halogens is 2. The predicted molar refractivity (Wildman–Crippen MR) is 21.2 cm³/mol. The first-order valence-corrected chi connectivity index (χ1v) is 2.06. The van der Waals surface area contributed by atoms with Crippen molar-refractivity contribution < 1.29 is 18.7 Å². The molecule has 0 amide bonds. The number of carbonyl (C=O) groups is 1. The summed E-state index contributed by atoms with van der Waals surface area (Å²) in [7, 11) is 0. The predicted octanol–water partition coefficient (Wildman–Crippen LogP) is 0.641. The summed E-state index contributed by atoms with van der Waals surface area (Å²) in [5.74, 6) is -1.56. The minimum atomic E-state index is -1.90. The van der Waals surface area contributed by atoms with Gasteiger partial charge in [-0.1, -0.05) is 0 Å². The van der Waals surface area contributed by atoms with Crippen LogP contribution in [0.25, 0.3) is 0 Å². The molecule has 0 rings (SSSR count). The van der Waals surface area contributed by atoms with Gasteiger partial charge in [0.25, 0.3) is 0 Å². The normalized spacial score (nSPS) is 13.2. The Morgan fingerprint density at radius 2 is 2.12 bits per heavy atom. The van der Waals surface area contributed by atoms with E-state index >= 15 is 0 Å². The van der Waals surface area contributed by atoms with Gasteiger partial charge in [-0.25, -0.2) is 18.7 Å². The first-order chi connectivity index (χ1) is 3.66. The van der Waals surface area contributed by atoms with Crippen molar-refractivity contribution in [1.29, 1.82) is 0 Å². The molecule has 0 fully saturated rings. The zero-order valence-corrected chi connectivity index (χ0v) is 4.06. The van der Waals surface area contributed by atoms with Crippen LogP contribution in [0.4, 0.5) is 8.78 Å². The molecule has 8 heavy (non-hydrogen) atoms. The van der Waals surface area contributed by atoms with Crippen LogP contribution in [0, 0.1) is 0 Å². The highest BCUT2D eigenvalue weighted by molar-refractivity contribution is 5.66. The fourth-order valence-corrected chi connectivity index (χ4v) is 0.235. The highest BCUT2D eigenvalue weighted by atomic mass is 19.2. The van der Waals surface area contributed by atoms with E-state index in [1.165, 1.54) is 0 Å². The number of carbonyl (C=O) groups excluding carboxylic acids is 1. The van der Waals surface area contributed by atoms with Gasteiger partial charge < -0.3 is 0 Å². The largest absolute Gasteiger partial charge is 0.358 e. The topological polar surface area (TPSA) is 37.0 Å². The highest BCUT2D eigenvalue weighted by Crippen LogP contribution is 1.97. The van der Waals surface area contributed by atoms with Crippen molar-refractivity contribution in [1.82, 2.24) is 0 Å². The van der Waals surface area contributed by atoms with Gasteiger partial charge in [0.1, 0.15) is 12.8 Å². The van der Waals surface area contributed by atoms with Gasteiger partial charge in [0, 0.05) is 0 Å². The average Bonchev–Trinajstić information content (AvgIpc) is 1.65. The maximum Gasteiger partial charge on any atom is 0.358 e. The molecule has 0 bridgehead atoms. The third kappa shape index (κ3) is 3.52. The molecule has 0 saturated carbocycles. The molecule has 2 nitrogen and oxygen atoms in total. The smallest absolute Gasteiger partial charge is 0.248 e. The number of alkyl halides is 2. The van der Waals surface area contributed by atoms with Crippen LogP contribution in [0.1, 0.15) is 6.42 Å². The van der Waals surface area contributed by atoms with E-state index in [9.17, 15) is 18.7 Å². The second-order valence-electron chi connectivity index (χ2n) is 1.33. The van der Waals surface area contributed by atoms with Crippen molar-refractivity contribution in [3.05, 3.63) is 0 Å². The van der Waals surface area contributed by atoms with E-state index < -0.39 is 25.2 Å². The van der Waals surface area contributed by atoms with Gasteiger partial charge in [-0.2, -0.15) is 0 Å². The van der Waals surface area contributed by atoms with Crippen molar-refractivity contribution in [2.24, 2.45) is 0 Å². The van der Waals surface area contributed by atoms with Crippen molar-refractivity contribution in [3.8, 4) is 0 Å². The molecule has 0 aliphatic rings. The van der Waals surface area contributed by atoms with E-state index in [1.54, 1.807) is 0 Å². The van der Waals surface area contributed by atoms with Crippen molar-refractivity contribution >= 4 is 5.97 Å². The molecule has 0 aromatic rings. The molecular weight excluding hydrogens is 118 g/mol. The van der Waals surface area contributed by atoms with E-state index in [2.05, 4.69) is 0 Å². The van der Waals surface area contributed by atoms with E-state index in [0.717, 1.165) is 0 Å². The Hall–Kier alpha value is -0.670. The number of rotatable bonds is 3. The molecule has 1 unspecified atom stereocenters. The van der Waals surface area contributed by atoms with Gasteiger partial charge in [-0.3, -0.25) is 0 Å². The van der Waals surface area contributed by atoms with Crippen LogP contribution in [0.2, 0.25) is 0 Å². The summed E-state index contributed by atoms with van der Waals surface area (Å²) in [5.41, 5.74) is 0. The van der Waals surface area contributed by atoms with E-state index in [-0.39, 0.29) is 0 Å². The minimum absolute atomic E-state index is 0.851. The minimum Gasteiger partial charge on any atom is -0.248 e. The molecule has 1 atom stereocenters. The molecule has 47 valence electrons. The first kappa shape index (κ1) is 7.33. The molecule has 0 spiro atoms. The Labute approximate surface area is 45.1 Å². The first-order valence-electron chi connectivity index (χ1n) is 2.06. The van der Waals surface area contributed by atoms with Gasteiger partial charge >= 0.3 is 5.97 Å². The highest BCUT2D eigenvalue weighted by Gasteiger charge is 2.11. The lowest BCUT2D eigenvalue weighted by Gasteiger charge is -1.92. The summed E-state index contributed by atoms with van der Waals surface area (Å²) in [5, 5.41) is 9.45. The van der Waals surface area contributed by atoms with Crippen LogP contribution in [0.15, 0.2) is 0 Å². The summed E-state index contributed by atoms with van der Waals surface area (Å²) < 4.78 is 22.7. The van der Waals surface area contributed by atoms with Crippen LogP contribution in [-0.4, -0.2) is 18.8 Å². The Bertz CT molecular complexity index is 84.1. The Balaban J connectivity index is 3.24. The van der Waals surface area contributed by atoms with Crippen molar-refractivity contribution in [2.75, 3.05) is 6.67 Å². The van der Waals surface area contributed by atoms with E-state index in [1.807, 2.05) is 0 Å². The standard InChI is InChI=1S/C4H5F2O2/c5-2-3(6)1-4(7)8/h3H,1-2H2. The monoisotopic (exact) mass is 123 g/mol. The Morgan fingerprint density at radius 3 is 2.25 bits per heavy atom. The van der Waals surface area contributed by atoms with Gasteiger partial charge in [0.2, 0.25) is 0 Å². The Kier molecular flexibility index (Phi) is 3.07. The maximum absolute atomic E-state index is 11.6. The Morgan fingerprint density at radius 1 is 1.62 bits per heavy atom. The van der Waals surface area contributed by atoms with Gasteiger partial charge in [-0.05, 0) is 0 Å². The lowest BCUT2D eigenvalue weighted by atomic mass is 10.3. The quantitative estimate of drug-likeness (QED) is 0.542. The van der Waals surface area contributed by atoms with Crippen LogP contribution in [0.3, 0.4) is 0 Å². The zero-order valence-electron chi connectivity index (χ0n) is 4.06. The van der Waals surface area contributed by atoms with Gasteiger partial charge in [-0.15, -0.1) is 0 Å². The molecule has 0 aromatic heterocycles. The zero-order chi connectivity index (χ0) is 6.57. The van der Waals surface area contributed by atoms with Crippen LogP contribution < -0.4 is 0 Å². The summed E-state index contributed by atoms with van der Waals surface area (Å²) >= 11 is 0. The summed E-state index contributed by atoms with van der Waals surface area (Å²) in [6, 6.07) is 0. The molecule has 0 saturated heterocycles. The SMILES string of the molecule is [O]C(=O)CC(F)CF. The van der Waals surface area contributed by atoms with E-state index in [0.29, 0.717) is 0 Å². The molecule has 0 aliphatic heterocycles. The second kappa shape index (κ2) is 3.35. The molecule has 1 radical (unpaired) electrons. The third-order valence-corrected chi connectivity index (χ3v) is 0.556. The fourth-order valence-electron chi connectivity index (χ4n) is 0.235. The van der Waals surface area contributed by atoms with Crippen LogP contribution >= 0.6 is 0 Å². The molecule has 0 N–H and O–H groups in total. The summed E-state index contributed by atoms with van der Waals surface area (Å²) in [6.07, 6.45) is -2.75. The lowest BCUT2D eigenvalue weighted by molar-refractivity contribution is -0.144. The third-order valence-electron chi connectivity index (χ3n) is 0.556. The number of hydrogen-bond acceptors (Lipinski definition) is 1. The van der Waals surface area contributed by atoms with Gasteiger partial charge in [0.15, 0.2) is 0 Å². The van der Waals surface area contributed by atoms with Crippen molar-refractivity contribution in [2.45, 2.75) is 12.6 Å². The van der Waals surface area contributed by atoms with Crippen LogP contribution in [-0.2, 0) is 9.90 Å². The van der Waals surface area contributed by atoms with E-state index in [4.69, 9.17) is 0 Å². The molecule has 0 aliphatic carbocycles. The lowest BCUT2D eigenvalue weighted by Crippen LogP contribution is -2.08. The van der Waals surface area contributed by atoms with Crippen molar-refractivity contribution in [3.63, 3.8) is 0 Å². The summed E-state index contributed by atoms with van der Waals surface area (Å²) in [6.45, 7) is -1.26. The molecule has 4 heteroatoms. The van der Waals surface area contributed by atoms with Crippen LogP contribution in [0.5, 0.6) is 0 Å².